The maximum atomic E-state index is 13.3. The van der Waals surface area contributed by atoms with Gasteiger partial charge in [-0.05, 0) is 42.0 Å². The maximum Gasteiger partial charge on any atom is 0.264 e. The molecule has 4 nitrogen and oxygen atoms in total. The van der Waals surface area contributed by atoms with Gasteiger partial charge in [-0.15, -0.1) is 11.3 Å². The van der Waals surface area contributed by atoms with Gasteiger partial charge in [-0.2, -0.15) is 0 Å². The standard InChI is InChI=1S/C18H19FN2O2S/c1-20(12-13-5-2-6-14(19)11-13)17(22)15-7-3-9-21(15)18(23)16-8-4-10-24-16/h2,4-6,8,10-11,15H,3,7,9,12H2,1H3. The second kappa shape index (κ2) is 7.13. The number of carbonyl (C=O) groups excluding carboxylic acids is 2. The molecule has 0 aliphatic carbocycles. The zero-order chi connectivity index (χ0) is 17.1. The number of likely N-dealkylation sites (N-methyl/N-ethyl adjacent to an activating group) is 1. The molecule has 1 aromatic carbocycles. The van der Waals surface area contributed by atoms with Gasteiger partial charge < -0.3 is 9.80 Å². The zero-order valence-corrected chi connectivity index (χ0v) is 14.3. The molecule has 0 N–H and O–H groups in total. The van der Waals surface area contributed by atoms with Gasteiger partial charge in [-0.1, -0.05) is 18.2 Å². The normalized spacial score (nSPS) is 17.1. The maximum absolute atomic E-state index is 13.3. The van der Waals surface area contributed by atoms with Crippen LogP contribution in [-0.2, 0) is 11.3 Å². The van der Waals surface area contributed by atoms with Crippen molar-refractivity contribution in [3.8, 4) is 0 Å². The summed E-state index contributed by atoms with van der Waals surface area (Å²) < 4.78 is 13.3. The Bertz CT molecular complexity index is 732. The SMILES string of the molecule is CN(Cc1cccc(F)c1)C(=O)C1CCCN1C(=O)c1cccs1. The second-order valence-corrected chi connectivity index (χ2v) is 6.91. The van der Waals surface area contributed by atoms with Crippen molar-refractivity contribution in [1.29, 1.82) is 0 Å². The summed E-state index contributed by atoms with van der Waals surface area (Å²) in [7, 11) is 1.69. The third kappa shape index (κ3) is 3.48. The second-order valence-electron chi connectivity index (χ2n) is 5.96. The highest BCUT2D eigenvalue weighted by Crippen LogP contribution is 2.24. The first-order valence-electron chi connectivity index (χ1n) is 7.90. The van der Waals surface area contributed by atoms with Crippen molar-refractivity contribution in [2.75, 3.05) is 13.6 Å². The van der Waals surface area contributed by atoms with E-state index in [1.165, 1.54) is 23.5 Å². The van der Waals surface area contributed by atoms with Gasteiger partial charge >= 0.3 is 0 Å². The minimum atomic E-state index is -0.432. The van der Waals surface area contributed by atoms with E-state index in [1.807, 2.05) is 11.4 Å². The average Bonchev–Trinajstić information content (AvgIpc) is 3.25. The van der Waals surface area contributed by atoms with Gasteiger partial charge in [0.25, 0.3) is 5.91 Å². The number of benzene rings is 1. The molecule has 1 fully saturated rings. The molecule has 2 amide bonds. The van der Waals surface area contributed by atoms with E-state index in [0.29, 0.717) is 24.4 Å². The summed E-state index contributed by atoms with van der Waals surface area (Å²) in [5.74, 6) is -0.495. The topological polar surface area (TPSA) is 40.6 Å². The zero-order valence-electron chi connectivity index (χ0n) is 13.4. The molecule has 1 saturated heterocycles. The van der Waals surface area contributed by atoms with Crippen LogP contribution in [-0.4, -0.2) is 41.2 Å². The summed E-state index contributed by atoms with van der Waals surface area (Å²) >= 11 is 1.39. The van der Waals surface area contributed by atoms with Crippen LogP contribution in [0.4, 0.5) is 4.39 Å². The highest BCUT2D eigenvalue weighted by atomic mass is 32.1. The summed E-state index contributed by atoms with van der Waals surface area (Å²) in [6.45, 7) is 0.926. The third-order valence-corrected chi connectivity index (χ3v) is 5.07. The molecule has 24 heavy (non-hydrogen) atoms. The fourth-order valence-electron chi connectivity index (χ4n) is 3.05. The van der Waals surface area contributed by atoms with Crippen molar-refractivity contribution in [1.82, 2.24) is 9.80 Å². The lowest BCUT2D eigenvalue weighted by atomic mass is 10.1. The Morgan fingerprint density at radius 1 is 1.33 bits per heavy atom. The Hall–Kier alpha value is -2.21. The largest absolute Gasteiger partial charge is 0.340 e. The lowest BCUT2D eigenvalue weighted by Gasteiger charge is -2.28. The Morgan fingerprint density at radius 3 is 2.88 bits per heavy atom. The number of amides is 2. The molecule has 1 aliphatic heterocycles. The first kappa shape index (κ1) is 16.6. The van der Waals surface area contributed by atoms with Gasteiger partial charge in [0.2, 0.25) is 5.91 Å². The van der Waals surface area contributed by atoms with Crippen molar-refractivity contribution in [2.45, 2.75) is 25.4 Å². The number of carbonyl (C=O) groups is 2. The van der Waals surface area contributed by atoms with Crippen LogP contribution in [0.15, 0.2) is 41.8 Å². The molecule has 2 heterocycles. The van der Waals surface area contributed by atoms with E-state index in [-0.39, 0.29) is 17.6 Å². The Morgan fingerprint density at radius 2 is 2.17 bits per heavy atom. The molecule has 1 aromatic heterocycles. The van der Waals surface area contributed by atoms with Gasteiger partial charge in [-0.25, -0.2) is 4.39 Å². The summed E-state index contributed by atoms with van der Waals surface area (Å²) in [6.07, 6.45) is 1.49. The smallest absolute Gasteiger partial charge is 0.264 e. The van der Waals surface area contributed by atoms with Gasteiger partial charge in [0.05, 0.1) is 4.88 Å². The third-order valence-electron chi connectivity index (χ3n) is 4.22. The van der Waals surface area contributed by atoms with Crippen molar-refractivity contribution in [2.24, 2.45) is 0 Å². The quantitative estimate of drug-likeness (QED) is 0.853. The Balaban J connectivity index is 1.70. The van der Waals surface area contributed by atoms with Gasteiger partial charge in [0, 0.05) is 20.1 Å². The first-order chi connectivity index (χ1) is 11.6. The minimum absolute atomic E-state index is 0.0833. The fraction of sp³-hybridized carbons (Fsp3) is 0.333. The molecular weight excluding hydrogens is 327 g/mol. The van der Waals surface area contributed by atoms with Gasteiger partial charge in [-0.3, -0.25) is 9.59 Å². The molecule has 3 rings (SSSR count). The molecule has 0 radical (unpaired) electrons. The molecule has 1 unspecified atom stereocenters. The number of hydrogen-bond donors (Lipinski definition) is 0. The Kier molecular flexibility index (Phi) is 4.94. The summed E-state index contributed by atoms with van der Waals surface area (Å²) in [5.41, 5.74) is 0.736. The molecule has 126 valence electrons. The van der Waals surface area contributed by atoms with Crippen molar-refractivity contribution in [3.63, 3.8) is 0 Å². The predicted octanol–water partition coefficient (Wildman–Crippen LogP) is 3.15. The number of likely N-dealkylation sites (tertiary alicyclic amines) is 1. The van der Waals surface area contributed by atoms with Crippen LogP contribution in [0.2, 0.25) is 0 Å². The van der Waals surface area contributed by atoms with Crippen LogP contribution < -0.4 is 0 Å². The van der Waals surface area contributed by atoms with E-state index in [2.05, 4.69) is 0 Å². The summed E-state index contributed by atoms with van der Waals surface area (Å²) in [5, 5.41) is 1.86. The monoisotopic (exact) mass is 346 g/mol. The molecule has 1 atom stereocenters. The van der Waals surface area contributed by atoms with Crippen molar-refractivity contribution < 1.29 is 14.0 Å². The van der Waals surface area contributed by atoms with Crippen LogP contribution >= 0.6 is 11.3 Å². The van der Waals surface area contributed by atoms with Crippen molar-refractivity contribution >= 4 is 23.2 Å². The number of nitrogens with zero attached hydrogens (tertiary/aromatic N) is 2. The van der Waals surface area contributed by atoms with E-state index >= 15 is 0 Å². The van der Waals surface area contributed by atoms with E-state index in [9.17, 15) is 14.0 Å². The van der Waals surface area contributed by atoms with Crippen LogP contribution in [0.5, 0.6) is 0 Å². The first-order valence-corrected chi connectivity index (χ1v) is 8.78. The van der Waals surface area contributed by atoms with Gasteiger partial charge in [0.1, 0.15) is 11.9 Å². The van der Waals surface area contributed by atoms with Crippen LogP contribution in [0, 0.1) is 5.82 Å². The summed E-state index contributed by atoms with van der Waals surface area (Å²) in [4.78, 5) is 29.2. The van der Waals surface area contributed by atoms with Crippen LogP contribution in [0.3, 0.4) is 0 Å². The highest BCUT2D eigenvalue weighted by molar-refractivity contribution is 7.12. The highest BCUT2D eigenvalue weighted by Gasteiger charge is 2.36. The fourth-order valence-corrected chi connectivity index (χ4v) is 3.73. The lowest BCUT2D eigenvalue weighted by Crippen LogP contribution is -2.46. The molecule has 0 spiro atoms. The average molecular weight is 346 g/mol. The molecular formula is C18H19FN2O2S. The van der Waals surface area contributed by atoms with E-state index in [4.69, 9.17) is 0 Å². The minimum Gasteiger partial charge on any atom is -0.340 e. The molecule has 2 aromatic rings. The van der Waals surface area contributed by atoms with E-state index in [0.717, 1.165) is 12.0 Å². The molecule has 0 saturated carbocycles. The predicted molar refractivity (Wildman–Crippen MR) is 91.3 cm³/mol. The lowest BCUT2D eigenvalue weighted by molar-refractivity contribution is -0.134. The van der Waals surface area contributed by atoms with Gasteiger partial charge in [0.15, 0.2) is 0 Å². The number of rotatable bonds is 4. The number of thiophene rings is 1. The molecule has 0 bridgehead atoms. The molecule has 1 aliphatic rings. The Labute approximate surface area is 144 Å². The van der Waals surface area contributed by atoms with Crippen molar-refractivity contribution in [3.05, 3.63) is 58.0 Å². The number of halogens is 1. The van der Waals surface area contributed by atoms with Crippen LogP contribution in [0.25, 0.3) is 0 Å². The number of hydrogen-bond acceptors (Lipinski definition) is 3. The summed E-state index contributed by atoms with van der Waals surface area (Å²) in [6, 6.07) is 9.40. The van der Waals surface area contributed by atoms with Crippen LogP contribution in [0.1, 0.15) is 28.1 Å². The molecule has 6 heteroatoms. The van der Waals surface area contributed by atoms with E-state index in [1.54, 1.807) is 35.0 Å². The van der Waals surface area contributed by atoms with E-state index < -0.39 is 6.04 Å².